The molecular formula is C25H37N5O3. The van der Waals surface area contributed by atoms with Gasteiger partial charge in [-0.2, -0.15) is 0 Å². The van der Waals surface area contributed by atoms with E-state index >= 15 is 0 Å². The maximum absolute atomic E-state index is 12.3. The summed E-state index contributed by atoms with van der Waals surface area (Å²) in [6, 6.07) is 9.80. The third-order valence-corrected chi connectivity index (χ3v) is 6.72. The van der Waals surface area contributed by atoms with Crippen LogP contribution in [0.5, 0.6) is 0 Å². The highest BCUT2D eigenvalue weighted by atomic mass is 16.3. The van der Waals surface area contributed by atoms with Gasteiger partial charge in [0.25, 0.3) is 5.91 Å². The fraction of sp³-hybridized carbons (Fsp3) is 0.600. The number of benzene rings is 1. The molecule has 2 aliphatic heterocycles. The molecule has 0 aliphatic carbocycles. The number of nitrogens with one attached hydrogen (secondary N) is 1. The number of oxazole rings is 1. The van der Waals surface area contributed by atoms with Crippen molar-refractivity contribution in [3.8, 4) is 0 Å². The molecule has 3 heterocycles. The zero-order valence-corrected chi connectivity index (χ0v) is 19.7. The molecule has 8 nitrogen and oxygen atoms in total. The highest BCUT2D eigenvalue weighted by Gasteiger charge is 2.23. The normalized spacial score (nSPS) is 20.1. The molecule has 0 unspecified atom stereocenters. The van der Waals surface area contributed by atoms with E-state index in [9.17, 15) is 9.90 Å². The minimum atomic E-state index is -0.298. The average Bonchev–Trinajstić information content (AvgIpc) is 3.29. The number of rotatable bonds is 9. The lowest BCUT2D eigenvalue weighted by molar-refractivity contribution is 0.0401. The molecule has 33 heavy (non-hydrogen) atoms. The van der Waals surface area contributed by atoms with Gasteiger partial charge < -0.3 is 19.7 Å². The lowest BCUT2D eigenvalue weighted by Crippen LogP contribution is -2.50. The third kappa shape index (κ3) is 7.37. The minimum Gasteiger partial charge on any atom is -0.447 e. The van der Waals surface area contributed by atoms with Gasteiger partial charge in [-0.3, -0.25) is 14.6 Å². The van der Waals surface area contributed by atoms with Crippen molar-refractivity contribution in [2.75, 3.05) is 52.4 Å². The van der Waals surface area contributed by atoms with Gasteiger partial charge in [0.1, 0.15) is 6.26 Å². The predicted molar refractivity (Wildman–Crippen MR) is 127 cm³/mol. The molecule has 0 radical (unpaired) electrons. The first-order valence-electron chi connectivity index (χ1n) is 12.2. The van der Waals surface area contributed by atoms with E-state index in [0.717, 1.165) is 63.8 Å². The summed E-state index contributed by atoms with van der Waals surface area (Å²) in [6.07, 6.45) is 3.61. The Morgan fingerprint density at radius 1 is 1.06 bits per heavy atom. The van der Waals surface area contributed by atoms with Gasteiger partial charge in [0.05, 0.1) is 12.6 Å². The van der Waals surface area contributed by atoms with Crippen molar-refractivity contribution in [1.29, 1.82) is 0 Å². The summed E-state index contributed by atoms with van der Waals surface area (Å²) in [5, 5.41) is 13.4. The van der Waals surface area contributed by atoms with Crippen molar-refractivity contribution in [2.45, 2.75) is 39.0 Å². The number of aliphatic hydroxyl groups is 1. The van der Waals surface area contributed by atoms with Gasteiger partial charge in [-0.1, -0.05) is 37.3 Å². The highest BCUT2D eigenvalue weighted by Crippen LogP contribution is 2.16. The molecule has 8 heteroatoms. The molecule has 2 fully saturated rings. The fourth-order valence-corrected chi connectivity index (χ4v) is 4.58. The number of carbonyl (C=O) groups excluding carboxylic acids is 1. The third-order valence-electron chi connectivity index (χ3n) is 6.72. The van der Waals surface area contributed by atoms with E-state index in [-0.39, 0.29) is 12.0 Å². The minimum absolute atomic E-state index is 0.226. The van der Waals surface area contributed by atoms with Gasteiger partial charge in [-0.15, -0.1) is 0 Å². The van der Waals surface area contributed by atoms with Gasteiger partial charge >= 0.3 is 0 Å². The number of aliphatic hydroxyl groups excluding tert-OH is 1. The number of piperidine rings is 1. The van der Waals surface area contributed by atoms with Gasteiger partial charge in [-0.05, 0) is 37.4 Å². The van der Waals surface area contributed by atoms with Crippen LogP contribution in [-0.4, -0.2) is 89.2 Å². The molecule has 1 amide bonds. The molecule has 2 aliphatic rings. The Bertz CT molecular complexity index is 858. The number of amides is 1. The maximum Gasteiger partial charge on any atom is 0.273 e. The van der Waals surface area contributed by atoms with Crippen molar-refractivity contribution in [1.82, 2.24) is 25.0 Å². The summed E-state index contributed by atoms with van der Waals surface area (Å²) in [7, 11) is 0. The molecule has 180 valence electrons. The van der Waals surface area contributed by atoms with Crippen LogP contribution in [0.2, 0.25) is 0 Å². The molecule has 1 aromatic carbocycles. The number of hydrogen-bond acceptors (Lipinski definition) is 7. The van der Waals surface area contributed by atoms with Crippen molar-refractivity contribution in [2.24, 2.45) is 5.92 Å². The molecule has 2 aromatic rings. The van der Waals surface area contributed by atoms with Crippen LogP contribution in [0.1, 0.15) is 41.7 Å². The van der Waals surface area contributed by atoms with Gasteiger partial charge in [0, 0.05) is 45.8 Å². The Labute approximate surface area is 196 Å². The molecule has 1 aromatic heterocycles. The zero-order valence-electron chi connectivity index (χ0n) is 19.7. The Balaban J connectivity index is 1.15. The van der Waals surface area contributed by atoms with E-state index in [4.69, 9.17) is 4.42 Å². The molecule has 1 atom stereocenters. The van der Waals surface area contributed by atoms with Crippen LogP contribution in [0.4, 0.5) is 0 Å². The molecule has 0 bridgehead atoms. The number of hydrogen-bond donors (Lipinski definition) is 2. The van der Waals surface area contributed by atoms with Crippen LogP contribution in [0.3, 0.4) is 0 Å². The number of aromatic nitrogens is 1. The first-order chi connectivity index (χ1) is 16.0. The number of piperazine rings is 1. The second-order valence-electron chi connectivity index (χ2n) is 9.51. The first-order valence-corrected chi connectivity index (χ1v) is 12.2. The average molecular weight is 456 g/mol. The number of carbonyl (C=O) groups is 1. The molecular weight excluding hydrogens is 418 g/mol. The predicted octanol–water partition coefficient (Wildman–Crippen LogP) is 1.82. The number of β-amino-alcohol motifs (C(OH)–C–C–N with tert-alkyl or cyclic N) is 1. The monoisotopic (exact) mass is 455 g/mol. The lowest BCUT2D eigenvalue weighted by atomic mass is 9.99. The van der Waals surface area contributed by atoms with E-state index < -0.39 is 0 Å². The molecule has 0 spiro atoms. The van der Waals surface area contributed by atoms with E-state index in [0.29, 0.717) is 24.7 Å². The smallest absolute Gasteiger partial charge is 0.273 e. The standard InChI is InChI=1S/C25H37N5O3/c1-20-7-9-28(10-8-20)16-22(31)17-29-11-13-30(14-12-29)18-24-27-23(19-33-24)25(32)26-15-21-5-3-2-4-6-21/h2-6,19-20,22,31H,7-18H2,1H3,(H,26,32)/t22-/m1/s1. The topological polar surface area (TPSA) is 85.1 Å². The van der Waals surface area contributed by atoms with Crippen LogP contribution in [-0.2, 0) is 13.1 Å². The summed E-state index contributed by atoms with van der Waals surface area (Å²) in [5.41, 5.74) is 1.36. The summed E-state index contributed by atoms with van der Waals surface area (Å²) in [6.45, 7) is 10.7. The largest absolute Gasteiger partial charge is 0.447 e. The van der Waals surface area contributed by atoms with E-state index in [1.165, 1.54) is 19.1 Å². The Kier molecular flexibility index (Phi) is 8.50. The molecule has 0 saturated carbocycles. The van der Waals surface area contributed by atoms with Crippen molar-refractivity contribution < 1.29 is 14.3 Å². The molecule has 2 N–H and O–H groups in total. The zero-order chi connectivity index (χ0) is 23.0. The van der Waals surface area contributed by atoms with Gasteiger partial charge in [0.2, 0.25) is 5.89 Å². The maximum atomic E-state index is 12.3. The molecule has 4 rings (SSSR count). The fourth-order valence-electron chi connectivity index (χ4n) is 4.58. The summed E-state index contributed by atoms with van der Waals surface area (Å²) in [4.78, 5) is 23.7. The van der Waals surface area contributed by atoms with Gasteiger partial charge in [-0.25, -0.2) is 4.98 Å². The van der Waals surface area contributed by atoms with Crippen molar-refractivity contribution in [3.63, 3.8) is 0 Å². The van der Waals surface area contributed by atoms with Crippen LogP contribution >= 0.6 is 0 Å². The SMILES string of the molecule is CC1CCN(C[C@@H](O)CN2CCN(Cc3nc(C(=O)NCc4ccccc4)co3)CC2)CC1. The van der Waals surface area contributed by atoms with E-state index in [2.05, 4.69) is 31.9 Å². The second-order valence-corrected chi connectivity index (χ2v) is 9.51. The van der Waals surface area contributed by atoms with Gasteiger partial charge in [0.15, 0.2) is 5.69 Å². The second kappa shape index (κ2) is 11.7. The van der Waals surface area contributed by atoms with E-state index in [1.54, 1.807) is 0 Å². The molecule has 2 saturated heterocycles. The Morgan fingerprint density at radius 3 is 2.39 bits per heavy atom. The lowest BCUT2D eigenvalue weighted by Gasteiger charge is -2.36. The summed E-state index contributed by atoms with van der Waals surface area (Å²) >= 11 is 0. The van der Waals surface area contributed by atoms with Crippen molar-refractivity contribution >= 4 is 5.91 Å². The quantitative estimate of drug-likeness (QED) is 0.597. The summed E-state index contributed by atoms with van der Waals surface area (Å²) < 4.78 is 5.55. The summed E-state index contributed by atoms with van der Waals surface area (Å²) in [5.74, 6) is 1.15. The number of likely N-dealkylation sites (tertiary alicyclic amines) is 1. The Morgan fingerprint density at radius 2 is 1.70 bits per heavy atom. The van der Waals surface area contributed by atoms with Crippen molar-refractivity contribution in [3.05, 3.63) is 53.7 Å². The van der Waals surface area contributed by atoms with Crippen LogP contribution in [0, 0.1) is 5.92 Å². The Hall–Kier alpha value is -2.26. The van der Waals surface area contributed by atoms with E-state index in [1.807, 2.05) is 30.3 Å². The van der Waals surface area contributed by atoms with Crippen LogP contribution in [0.25, 0.3) is 0 Å². The first kappa shape index (κ1) is 23.9. The number of nitrogens with zero attached hydrogens (tertiary/aromatic N) is 4. The highest BCUT2D eigenvalue weighted by molar-refractivity contribution is 5.91. The van der Waals surface area contributed by atoms with Crippen LogP contribution in [0.15, 0.2) is 41.0 Å². The van der Waals surface area contributed by atoms with Crippen LogP contribution < -0.4 is 5.32 Å².